The third-order valence-electron chi connectivity index (χ3n) is 3.43. The lowest BCUT2D eigenvalue weighted by Gasteiger charge is -2.26. The molecule has 20 heavy (non-hydrogen) atoms. The van der Waals surface area contributed by atoms with Crippen LogP contribution in [0.2, 0.25) is 0 Å². The average Bonchev–Trinajstić information content (AvgIpc) is 2.46. The zero-order chi connectivity index (χ0) is 15.0. The smallest absolute Gasteiger partial charge is 0.0576 e. The van der Waals surface area contributed by atoms with Crippen molar-refractivity contribution in [3.8, 4) is 0 Å². The second kappa shape index (κ2) is 9.69. The highest BCUT2D eigenvalue weighted by Gasteiger charge is 2.25. The fourth-order valence-electron chi connectivity index (χ4n) is 2.39. The minimum atomic E-state index is -0.948. The van der Waals surface area contributed by atoms with E-state index in [9.17, 15) is 4.21 Å². The van der Waals surface area contributed by atoms with Gasteiger partial charge in [0.15, 0.2) is 0 Å². The Labute approximate surface area is 134 Å². The summed E-state index contributed by atoms with van der Waals surface area (Å²) < 4.78 is 13.9. The van der Waals surface area contributed by atoms with Crippen molar-refractivity contribution in [2.75, 3.05) is 6.54 Å². The summed E-state index contributed by atoms with van der Waals surface area (Å²) in [5, 5.41) is 3.76. The topological polar surface area (TPSA) is 29.1 Å². The lowest BCUT2D eigenvalue weighted by Crippen LogP contribution is -2.42. The van der Waals surface area contributed by atoms with E-state index in [1.54, 1.807) is 0 Å². The second-order valence-electron chi connectivity index (χ2n) is 5.05. The van der Waals surface area contributed by atoms with E-state index in [0.29, 0.717) is 6.04 Å². The van der Waals surface area contributed by atoms with Crippen molar-refractivity contribution >= 4 is 26.7 Å². The Morgan fingerprint density at radius 1 is 1.15 bits per heavy atom. The van der Waals surface area contributed by atoms with E-state index in [0.717, 1.165) is 41.6 Å². The summed E-state index contributed by atoms with van der Waals surface area (Å²) in [6.45, 7) is 7.49. The molecule has 1 rings (SSSR count). The van der Waals surface area contributed by atoms with Crippen LogP contribution in [0.4, 0.5) is 0 Å². The van der Waals surface area contributed by atoms with Gasteiger partial charge in [-0.3, -0.25) is 4.21 Å². The molecule has 1 N–H and O–H groups in total. The molecule has 4 heteroatoms. The van der Waals surface area contributed by atoms with Gasteiger partial charge in [0.25, 0.3) is 0 Å². The van der Waals surface area contributed by atoms with Crippen LogP contribution in [-0.4, -0.2) is 22.0 Å². The molecule has 0 spiro atoms. The first kappa shape index (κ1) is 17.9. The molecule has 0 radical (unpaired) electrons. The van der Waals surface area contributed by atoms with E-state index >= 15 is 0 Å². The van der Waals surface area contributed by atoms with Gasteiger partial charge in [0.05, 0.1) is 16.0 Å². The van der Waals surface area contributed by atoms with Crippen LogP contribution in [0.5, 0.6) is 0 Å². The molecular weight excluding hydrogens is 334 g/mol. The third-order valence-corrected chi connectivity index (χ3v) is 5.91. The first-order chi connectivity index (χ1) is 9.63. The lowest BCUT2D eigenvalue weighted by atomic mass is 10.1. The Bertz CT molecular complexity index is 407. The molecule has 0 fully saturated rings. The van der Waals surface area contributed by atoms with Crippen LogP contribution in [0.15, 0.2) is 33.6 Å². The van der Waals surface area contributed by atoms with Gasteiger partial charge >= 0.3 is 0 Å². The van der Waals surface area contributed by atoms with Crippen LogP contribution in [0, 0.1) is 0 Å². The van der Waals surface area contributed by atoms with Crippen molar-refractivity contribution in [3.05, 3.63) is 28.7 Å². The van der Waals surface area contributed by atoms with Crippen molar-refractivity contribution in [2.45, 2.75) is 62.6 Å². The molecule has 3 unspecified atom stereocenters. The molecule has 0 bridgehead atoms. The molecule has 0 aliphatic carbocycles. The van der Waals surface area contributed by atoms with Crippen LogP contribution in [-0.2, 0) is 10.8 Å². The van der Waals surface area contributed by atoms with Crippen molar-refractivity contribution in [3.63, 3.8) is 0 Å². The van der Waals surface area contributed by atoms with Gasteiger partial charge < -0.3 is 5.32 Å². The van der Waals surface area contributed by atoms with Gasteiger partial charge in [-0.05, 0) is 50.1 Å². The maximum absolute atomic E-state index is 12.8. The maximum atomic E-state index is 12.8. The van der Waals surface area contributed by atoms with E-state index < -0.39 is 10.8 Å². The Morgan fingerprint density at radius 2 is 1.80 bits per heavy atom. The fraction of sp³-hybridized carbons (Fsp3) is 0.625. The van der Waals surface area contributed by atoms with Crippen molar-refractivity contribution in [2.24, 2.45) is 0 Å². The summed E-state index contributed by atoms with van der Waals surface area (Å²) in [6.07, 6.45) is 4.25. The molecule has 0 aliphatic rings. The number of benzene rings is 1. The molecule has 1 aromatic rings. The van der Waals surface area contributed by atoms with E-state index in [1.165, 1.54) is 0 Å². The SMILES string of the molecule is CCCNC(CCC)C(CC)S(=O)c1ccc(Br)cc1. The Morgan fingerprint density at radius 3 is 2.30 bits per heavy atom. The highest BCUT2D eigenvalue weighted by atomic mass is 79.9. The summed E-state index contributed by atoms with van der Waals surface area (Å²) in [7, 11) is -0.948. The normalized spacial score (nSPS) is 15.8. The number of hydrogen-bond donors (Lipinski definition) is 1. The van der Waals surface area contributed by atoms with Gasteiger partial charge in [-0.25, -0.2) is 0 Å². The first-order valence-corrected chi connectivity index (χ1v) is 9.54. The number of rotatable bonds is 9. The maximum Gasteiger partial charge on any atom is 0.0576 e. The van der Waals surface area contributed by atoms with Crippen LogP contribution in [0.3, 0.4) is 0 Å². The van der Waals surface area contributed by atoms with Crippen molar-refractivity contribution in [1.82, 2.24) is 5.32 Å². The Hall–Kier alpha value is -0.190. The molecule has 114 valence electrons. The minimum absolute atomic E-state index is 0.183. The highest BCUT2D eigenvalue weighted by Crippen LogP contribution is 2.21. The molecule has 0 aliphatic heterocycles. The quantitative estimate of drug-likeness (QED) is 0.702. The molecule has 0 aromatic heterocycles. The minimum Gasteiger partial charge on any atom is -0.313 e. The van der Waals surface area contributed by atoms with E-state index in [4.69, 9.17) is 0 Å². The van der Waals surface area contributed by atoms with Gasteiger partial charge in [-0.2, -0.15) is 0 Å². The van der Waals surface area contributed by atoms with Gasteiger partial charge in [0.2, 0.25) is 0 Å². The summed E-state index contributed by atoms with van der Waals surface area (Å²) in [4.78, 5) is 0.930. The van der Waals surface area contributed by atoms with E-state index in [2.05, 4.69) is 42.0 Å². The standard InChI is InChI=1S/C16H26BrNOS/c1-4-7-15(18-12-5-2)16(6-3)20(19)14-10-8-13(17)9-11-14/h8-11,15-16,18H,4-7,12H2,1-3H3. The van der Waals surface area contributed by atoms with E-state index in [-0.39, 0.29) is 5.25 Å². The predicted octanol–water partition coefficient (Wildman–Crippen LogP) is 4.50. The third kappa shape index (κ3) is 5.30. The molecule has 0 heterocycles. The zero-order valence-electron chi connectivity index (χ0n) is 12.7. The lowest BCUT2D eigenvalue weighted by molar-refractivity contribution is 0.447. The van der Waals surface area contributed by atoms with Crippen LogP contribution in [0.1, 0.15) is 46.5 Å². The van der Waals surface area contributed by atoms with Crippen LogP contribution in [0.25, 0.3) is 0 Å². The molecule has 1 aromatic carbocycles. The summed E-state index contributed by atoms with van der Waals surface area (Å²) in [6, 6.07) is 8.20. The first-order valence-electron chi connectivity index (χ1n) is 7.53. The average molecular weight is 360 g/mol. The number of halogens is 1. The van der Waals surface area contributed by atoms with Gasteiger partial charge in [0.1, 0.15) is 0 Å². The van der Waals surface area contributed by atoms with Crippen molar-refractivity contribution < 1.29 is 4.21 Å². The second-order valence-corrected chi connectivity index (χ2v) is 7.63. The summed E-state index contributed by atoms with van der Waals surface area (Å²) in [5.74, 6) is 0. The highest BCUT2D eigenvalue weighted by molar-refractivity contribution is 9.10. The molecule has 0 saturated heterocycles. The zero-order valence-corrected chi connectivity index (χ0v) is 15.1. The monoisotopic (exact) mass is 359 g/mol. The molecule has 2 nitrogen and oxygen atoms in total. The Balaban J connectivity index is 2.84. The summed E-state index contributed by atoms with van der Waals surface area (Å²) in [5.41, 5.74) is 0. The van der Waals surface area contributed by atoms with Gasteiger partial charge in [-0.1, -0.05) is 43.1 Å². The molecular formula is C16H26BrNOS. The summed E-state index contributed by atoms with van der Waals surface area (Å²) >= 11 is 3.43. The van der Waals surface area contributed by atoms with Crippen LogP contribution >= 0.6 is 15.9 Å². The number of hydrogen-bond acceptors (Lipinski definition) is 2. The predicted molar refractivity (Wildman–Crippen MR) is 91.6 cm³/mol. The molecule has 0 amide bonds. The Kier molecular flexibility index (Phi) is 8.66. The van der Waals surface area contributed by atoms with Gasteiger partial charge in [-0.15, -0.1) is 0 Å². The number of nitrogens with one attached hydrogen (secondary N) is 1. The van der Waals surface area contributed by atoms with Crippen molar-refractivity contribution in [1.29, 1.82) is 0 Å². The molecule has 3 atom stereocenters. The van der Waals surface area contributed by atoms with E-state index in [1.807, 2.05) is 24.3 Å². The van der Waals surface area contributed by atoms with Crippen LogP contribution < -0.4 is 5.32 Å². The van der Waals surface area contributed by atoms with Gasteiger partial charge in [0, 0.05) is 15.4 Å². The fourth-order valence-corrected chi connectivity index (χ4v) is 4.24. The molecule has 0 saturated carbocycles. The largest absolute Gasteiger partial charge is 0.313 e.